The number of fused-ring (bicyclic) bond motifs is 2. The highest BCUT2D eigenvalue weighted by Crippen LogP contribution is 2.18. The van der Waals surface area contributed by atoms with Gasteiger partial charge in [-0.1, -0.05) is 66.7 Å². The number of nitrogens with zero attached hydrogens (tertiary/aromatic N) is 1. The third-order valence-corrected chi connectivity index (χ3v) is 3.85. The van der Waals surface area contributed by atoms with Crippen LogP contribution in [0.3, 0.4) is 0 Å². The van der Waals surface area contributed by atoms with Gasteiger partial charge in [0.25, 0.3) is 0 Å². The Kier molecular flexibility index (Phi) is 3.17. The first-order valence-electron chi connectivity index (χ1n) is 7.40. The predicted octanol–water partition coefficient (Wildman–Crippen LogP) is 5.56. The molecular formula is C21H15N. The normalized spacial score (nSPS) is 11.5. The molecule has 0 saturated carbocycles. The summed E-state index contributed by atoms with van der Waals surface area (Å²) in [4.78, 5) is 4.49. The summed E-state index contributed by atoms with van der Waals surface area (Å²) < 4.78 is 0. The molecule has 0 amide bonds. The van der Waals surface area contributed by atoms with Crippen LogP contribution in [0.1, 0.15) is 11.1 Å². The van der Waals surface area contributed by atoms with Crippen LogP contribution in [0.25, 0.3) is 33.8 Å². The van der Waals surface area contributed by atoms with Crippen molar-refractivity contribution in [2.24, 2.45) is 0 Å². The molecule has 1 heteroatoms. The van der Waals surface area contributed by atoms with E-state index in [1.54, 1.807) is 0 Å². The molecule has 0 saturated heterocycles. The Labute approximate surface area is 129 Å². The molecule has 1 nitrogen and oxygen atoms in total. The van der Waals surface area contributed by atoms with Gasteiger partial charge in [0, 0.05) is 11.6 Å². The second kappa shape index (κ2) is 5.45. The van der Waals surface area contributed by atoms with Crippen LogP contribution < -0.4 is 0 Å². The second-order valence-corrected chi connectivity index (χ2v) is 5.40. The van der Waals surface area contributed by atoms with Crippen molar-refractivity contribution >= 4 is 33.8 Å². The quantitative estimate of drug-likeness (QED) is 0.469. The standard InChI is InChI=1S/C21H15N/c1-2-6-19-13-16(11-12-18(19)5-1)9-10-17-14-20-7-3-4-8-21(20)22-15-17/h1-15H/b10-9+. The SMILES string of the molecule is C(=C\c1cnc2ccccc2c1)/c1ccc2ccccc2c1. The molecule has 0 N–H and O–H groups in total. The summed E-state index contributed by atoms with van der Waals surface area (Å²) in [6.45, 7) is 0. The lowest BCUT2D eigenvalue weighted by atomic mass is 10.1. The van der Waals surface area contributed by atoms with Crippen LogP contribution in [-0.4, -0.2) is 4.98 Å². The largest absolute Gasteiger partial charge is 0.256 e. The zero-order valence-corrected chi connectivity index (χ0v) is 12.1. The Bertz CT molecular complexity index is 902. The van der Waals surface area contributed by atoms with Crippen molar-refractivity contribution in [1.82, 2.24) is 4.98 Å². The fraction of sp³-hybridized carbons (Fsp3) is 0. The third kappa shape index (κ3) is 2.49. The molecule has 4 rings (SSSR count). The highest BCUT2D eigenvalue weighted by molar-refractivity contribution is 5.87. The van der Waals surface area contributed by atoms with E-state index in [0.717, 1.165) is 11.1 Å². The topological polar surface area (TPSA) is 12.9 Å². The fourth-order valence-electron chi connectivity index (χ4n) is 2.68. The van der Waals surface area contributed by atoms with E-state index in [4.69, 9.17) is 0 Å². The molecule has 0 aliphatic rings. The van der Waals surface area contributed by atoms with Crippen molar-refractivity contribution in [3.05, 3.63) is 90.1 Å². The van der Waals surface area contributed by atoms with E-state index >= 15 is 0 Å². The molecule has 3 aromatic carbocycles. The highest BCUT2D eigenvalue weighted by Gasteiger charge is 1.96. The molecule has 1 aromatic heterocycles. The van der Waals surface area contributed by atoms with Crippen molar-refractivity contribution in [1.29, 1.82) is 0 Å². The Morgan fingerprint density at radius 2 is 1.27 bits per heavy atom. The Morgan fingerprint density at radius 3 is 2.18 bits per heavy atom. The Hall–Kier alpha value is -2.93. The average molecular weight is 281 g/mol. The van der Waals surface area contributed by atoms with Gasteiger partial charge >= 0.3 is 0 Å². The maximum Gasteiger partial charge on any atom is 0.0702 e. The van der Waals surface area contributed by atoms with Crippen molar-refractivity contribution in [3.8, 4) is 0 Å². The van der Waals surface area contributed by atoms with Gasteiger partial charge in [0.05, 0.1) is 5.52 Å². The first-order chi connectivity index (χ1) is 10.9. The van der Waals surface area contributed by atoms with Crippen molar-refractivity contribution in [2.45, 2.75) is 0 Å². The zero-order chi connectivity index (χ0) is 14.8. The minimum Gasteiger partial charge on any atom is -0.256 e. The van der Waals surface area contributed by atoms with Crippen molar-refractivity contribution in [2.75, 3.05) is 0 Å². The molecule has 0 atom stereocenters. The average Bonchev–Trinajstić information content (AvgIpc) is 2.59. The van der Waals surface area contributed by atoms with Gasteiger partial charge in [-0.15, -0.1) is 0 Å². The second-order valence-electron chi connectivity index (χ2n) is 5.40. The number of aromatic nitrogens is 1. The lowest BCUT2D eigenvalue weighted by Gasteiger charge is -2.00. The molecular weight excluding hydrogens is 266 g/mol. The summed E-state index contributed by atoms with van der Waals surface area (Å²) in [5.41, 5.74) is 3.35. The maximum absolute atomic E-state index is 4.49. The first-order valence-corrected chi connectivity index (χ1v) is 7.40. The van der Waals surface area contributed by atoms with Gasteiger partial charge in [-0.2, -0.15) is 0 Å². The summed E-state index contributed by atoms with van der Waals surface area (Å²) in [5.74, 6) is 0. The molecule has 4 aromatic rings. The third-order valence-electron chi connectivity index (χ3n) is 3.85. The summed E-state index contributed by atoms with van der Waals surface area (Å²) in [7, 11) is 0. The van der Waals surface area contributed by atoms with Crippen LogP contribution in [0.15, 0.2) is 79.0 Å². The molecule has 0 bridgehead atoms. The number of hydrogen-bond acceptors (Lipinski definition) is 1. The number of hydrogen-bond donors (Lipinski definition) is 0. The van der Waals surface area contributed by atoms with Gasteiger partial charge in [0.1, 0.15) is 0 Å². The molecule has 0 fully saturated rings. The van der Waals surface area contributed by atoms with Gasteiger partial charge in [-0.05, 0) is 40.1 Å². The van der Waals surface area contributed by atoms with E-state index < -0.39 is 0 Å². The minimum absolute atomic E-state index is 1.03. The van der Waals surface area contributed by atoms with Crippen molar-refractivity contribution in [3.63, 3.8) is 0 Å². The molecule has 0 spiro atoms. The van der Waals surface area contributed by atoms with E-state index in [-0.39, 0.29) is 0 Å². The summed E-state index contributed by atoms with van der Waals surface area (Å²) >= 11 is 0. The van der Waals surface area contributed by atoms with E-state index in [2.05, 4.69) is 71.7 Å². The number of rotatable bonds is 2. The van der Waals surface area contributed by atoms with E-state index in [9.17, 15) is 0 Å². The monoisotopic (exact) mass is 281 g/mol. The number of para-hydroxylation sites is 1. The van der Waals surface area contributed by atoms with Crippen LogP contribution >= 0.6 is 0 Å². The van der Waals surface area contributed by atoms with Crippen LogP contribution in [0, 0.1) is 0 Å². The lowest BCUT2D eigenvalue weighted by Crippen LogP contribution is -1.80. The molecule has 1 heterocycles. The van der Waals surface area contributed by atoms with Gasteiger partial charge < -0.3 is 0 Å². The first kappa shape index (κ1) is 12.8. The molecule has 0 radical (unpaired) electrons. The Morgan fingerprint density at radius 1 is 0.591 bits per heavy atom. The van der Waals surface area contributed by atoms with E-state index in [1.165, 1.54) is 21.7 Å². The number of benzene rings is 3. The maximum atomic E-state index is 4.49. The van der Waals surface area contributed by atoms with E-state index in [1.807, 2.05) is 24.4 Å². The van der Waals surface area contributed by atoms with Gasteiger partial charge in [0.15, 0.2) is 0 Å². The predicted molar refractivity (Wildman–Crippen MR) is 94.6 cm³/mol. The molecule has 0 aliphatic heterocycles. The minimum atomic E-state index is 1.03. The van der Waals surface area contributed by atoms with Crippen LogP contribution in [0.4, 0.5) is 0 Å². The smallest absolute Gasteiger partial charge is 0.0702 e. The summed E-state index contributed by atoms with van der Waals surface area (Å²) in [6.07, 6.45) is 6.17. The molecule has 22 heavy (non-hydrogen) atoms. The molecule has 0 unspecified atom stereocenters. The van der Waals surface area contributed by atoms with Crippen LogP contribution in [0.5, 0.6) is 0 Å². The van der Waals surface area contributed by atoms with E-state index in [0.29, 0.717) is 0 Å². The van der Waals surface area contributed by atoms with Crippen LogP contribution in [0.2, 0.25) is 0 Å². The van der Waals surface area contributed by atoms with Crippen LogP contribution in [-0.2, 0) is 0 Å². The van der Waals surface area contributed by atoms with Gasteiger partial charge in [-0.3, -0.25) is 4.98 Å². The van der Waals surface area contributed by atoms with Gasteiger partial charge in [0.2, 0.25) is 0 Å². The Balaban J connectivity index is 1.68. The van der Waals surface area contributed by atoms with Crippen molar-refractivity contribution < 1.29 is 0 Å². The summed E-state index contributed by atoms with van der Waals surface area (Å²) in [6, 6.07) is 25.3. The van der Waals surface area contributed by atoms with Gasteiger partial charge in [-0.25, -0.2) is 0 Å². The zero-order valence-electron chi connectivity index (χ0n) is 12.1. The highest BCUT2D eigenvalue weighted by atomic mass is 14.6. The molecule has 0 aliphatic carbocycles. The lowest BCUT2D eigenvalue weighted by molar-refractivity contribution is 1.40. The fourth-order valence-corrected chi connectivity index (χ4v) is 2.68. The summed E-state index contributed by atoms with van der Waals surface area (Å²) in [5, 5.41) is 3.71. The number of pyridine rings is 1. The molecule has 104 valence electrons.